The van der Waals surface area contributed by atoms with E-state index in [1.807, 2.05) is 12.1 Å². The molecule has 1 aromatic heterocycles. The molecule has 0 saturated carbocycles. The van der Waals surface area contributed by atoms with Crippen LogP contribution in [0.5, 0.6) is 0 Å². The first-order valence-electron chi connectivity index (χ1n) is 10.9. The van der Waals surface area contributed by atoms with Gasteiger partial charge in [0.2, 0.25) is 0 Å². The summed E-state index contributed by atoms with van der Waals surface area (Å²) in [6.45, 7) is 9.33. The molecule has 0 amide bonds. The summed E-state index contributed by atoms with van der Waals surface area (Å²) in [5.74, 6) is 0. The summed E-state index contributed by atoms with van der Waals surface area (Å²) in [6.07, 6.45) is 1.67. The van der Waals surface area contributed by atoms with E-state index in [9.17, 15) is 9.90 Å². The normalized spacial score (nSPS) is 16.8. The minimum Gasteiger partial charge on any atom is -0.391 e. The van der Waals surface area contributed by atoms with Crippen molar-refractivity contribution in [3.63, 3.8) is 0 Å². The number of anilines is 2. The second-order valence-electron chi connectivity index (χ2n) is 8.42. The summed E-state index contributed by atoms with van der Waals surface area (Å²) in [5.41, 5.74) is 6.29. The monoisotopic (exact) mass is 405 g/mol. The van der Waals surface area contributed by atoms with Crippen LogP contribution >= 0.6 is 0 Å². The molecule has 0 bridgehead atoms. The van der Waals surface area contributed by atoms with Gasteiger partial charge in [-0.1, -0.05) is 0 Å². The number of aliphatic hydroxyl groups is 1. The lowest BCUT2D eigenvalue weighted by molar-refractivity contribution is 0.154. The predicted molar refractivity (Wildman–Crippen MR) is 125 cm³/mol. The number of H-pyrrole nitrogens is 1. The number of pyridine rings is 1. The van der Waals surface area contributed by atoms with E-state index in [4.69, 9.17) is 0 Å². The highest BCUT2D eigenvalue weighted by atomic mass is 16.3. The Morgan fingerprint density at radius 2 is 1.87 bits per heavy atom. The fourth-order valence-corrected chi connectivity index (χ4v) is 4.29. The molecule has 1 atom stereocenters. The largest absolute Gasteiger partial charge is 0.391 e. The summed E-state index contributed by atoms with van der Waals surface area (Å²) in [4.78, 5) is 20.2. The van der Waals surface area contributed by atoms with Crippen LogP contribution in [-0.2, 0) is 6.54 Å². The molecule has 2 heterocycles. The van der Waals surface area contributed by atoms with Gasteiger partial charge in [0.15, 0.2) is 0 Å². The van der Waals surface area contributed by atoms with Crippen LogP contribution in [0.1, 0.15) is 36.5 Å². The summed E-state index contributed by atoms with van der Waals surface area (Å²) in [6, 6.07) is 14.7. The van der Waals surface area contributed by atoms with Gasteiger partial charge in [-0.3, -0.25) is 4.79 Å². The minimum absolute atomic E-state index is 0.0249. The van der Waals surface area contributed by atoms with E-state index in [-0.39, 0.29) is 11.7 Å². The third-order valence-corrected chi connectivity index (χ3v) is 6.25. The molecule has 30 heavy (non-hydrogen) atoms. The highest BCUT2D eigenvalue weighted by molar-refractivity contribution is 5.80. The van der Waals surface area contributed by atoms with E-state index < -0.39 is 0 Å². The van der Waals surface area contributed by atoms with E-state index in [0.717, 1.165) is 53.8 Å². The fourth-order valence-electron chi connectivity index (χ4n) is 4.29. The molecule has 2 aromatic carbocycles. The number of β-amino-alcohol motifs (C(OH)–C–C–N with tert-alkyl or cyclic N) is 1. The Hall–Kier alpha value is -2.79. The highest BCUT2D eigenvalue weighted by Crippen LogP contribution is 2.25. The Kier molecular flexibility index (Phi) is 5.82. The molecule has 1 unspecified atom stereocenters. The van der Waals surface area contributed by atoms with E-state index in [1.54, 1.807) is 0 Å². The maximum absolute atomic E-state index is 12.7. The van der Waals surface area contributed by atoms with Gasteiger partial charge in [0.25, 0.3) is 5.56 Å². The van der Waals surface area contributed by atoms with Crippen LogP contribution in [0.25, 0.3) is 10.9 Å². The lowest BCUT2D eigenvalue weighted by atomic mass is 10.0. The average Bonchev–Trinajstić information content (AvgIpc) is 2.74. The first kappa shape index (κ1) is 20.5. The van der Waals surface area contributed by atoms with Crippen molar-refractivity contribution in [1.82, 2.24) is 4.98 Å². The van der Waals surface area contributed by atoms with Crippen molar-refractivity contribution < 1.29 is 5.11 Å². The van der Waals surface area contributed by atoms with Gasteiger partial charge in [-0.2, -0.15) is 0 Å². The molecule has 2 N–H and O–H groups in total. The van der Waals surface area contributed by atoms with Gasteiger partial charge < -0.3 is 19.9 Å². The number of aromatic nitrogens is 1. The van der Waals surface area contributed by atoms with Gasteiger partial charge in [0.05, 0.1) is 6.10 Å². The molecule has 0 spiro atoms. The second-order valence-corrected chi connectivity index (χ2v) is 8.42. The molecule has 1 aliphatic rings. The van der Waals surface area contributed by atoms with Crippen molar-refractivity contribution in [2.75, 3.05) is 29.4 Å². The van der Waals surface area contributed by atoms with Crippen LogP contribution < -0.4 is 15.4 Å². The molecular weight excluding hydrogens is 374 g/mol. The average molecular weight is 406 g/mol. The SMILES string of the molecule is CCN(Cc1cc2cc(C)c(C)cc2[nH]c1=O)c1ccc(N2CCCC(O)C2)cc1. The zero-order valence-electron chi connectivity index (χ0n) is 18.1. The number of hydrogen-bond donors (Lipinski definition) is 2. The smallest absolute Gasteiger partial charge is 0.253 e. The molecule has 1 saturated heterocycles. The Morgan fingerprint density at radius 1 is 1.13 bits per heavy atom. The quantitative estimate of drug-likeness (QED) is 0.670. The van der Waals surface area contributed by atoms with Crippen LogP contribution in [-0.4, -0.2) is 35.8 Å². The minimum atomic E-state index is -0.238. The van der Waals surface area contributed by atoms with E-state index >= 15 is 0 Å². The maximum atomic E-state index is 12.7. The number of aromatic amines is 1. The molecule has 5 heteroatoms. The Bertz CT molecular complexity index is 1090. The van der Waals surface area contributed by atoms with Crippen LogP contribution in [0.4, 0.5) is 11.4 Å². The number of nitrogens with one attached hydrogen (secondary N) is 1. The molecule has 1 aliphatic heterocycles. The molecule has 0 radical (unpaired) electrons. The van der Waals surface area contributed by atoms with E-state index in [0.29, 0.717) is 13.1 Å². The zero-order valence-corrected chi connectivity index (χ0v) is 18.1. The number of hydrogen-bond acceptors (Lipinski definition) is 4. The number of benzene rings is 2. The number of nitrogens with zero attached hydrogens (tertiary/aromatic N) is 2. The summed E-state index contributed by atoms with van der Waals surface area (Å²) < 4.78 is 0. The highest BCUT2D eigenvalue weighted by Gasteiger charge is 2.18. The third kappa shape index (κ3) is 4.21. The van der Waals surface area contributed by atoms with Gasteiger partial charge in [0, 0.05) is 48.6 Å². The number of rotatable bonds is 5. The Balaban J connectivity index is 1.56. The molecular formula is C25H31N3O2. The fraction of sp³-hybridized carbons (Fsp3) is 0.400. The van der Waals surface area contributed by atoms with Crippen molar-refractivity contribution >= 4 is 22.3 Å². The predicted octanol–water partition coefficient (Wildman–Crippen LogP) is 4.13. The van der Waals surface area contributed by atoms with Gasteiger partial charge >= 0.3 is 0 Å². The lowest BCUT2D eigenvalue weighted by Gasteiger charge is -2.32. The van der Waals surface area contributed by atoms with E-state index in [1.165, 1.54) is 11.1 Å². The molecule has 3 aromatic rings. The number of aliphatic hydroxyl groups excluding tert-OH is 1. The van der Waals surface area contributed by atoms with E-state index in [2.05, 4.69) is 65.9 Å². The summed E-state index contributed by atoms with van der Waals surface area (Å²) >= 11 is 0. The third-order valence-electron chi connectivity index (χ3n) is 6.25. The van der Waals surface area contributed by atoms with Gasteiger partial charge in [-0.25, -0.2) is 0 Å². The lowest BCUT2D eigenvalue weighted by Crippen LogP contribution is -2.38. The Morgan fingerprint density at radius 3 is 2.57 bits per heavy atom. The topological polar surface area (TPSA) is 59.6 Å². The molecule has 1 fully saturated rings. The molecule has 158 valence electrons. The Labute approximate surface area is 178 Å². The summed E-state index contributed by atoms with van der Waals surface area (Å²) in [5, 5.41) is 11.0. The van der Waals surface area contributed by atoms with Gasteiger partial charge in [-0.15, -0.1) is 0 Å². The van der Waals surface area contributed by atoms with Crippen molar-refractivity contribution in [3.8, 4) is 0 Å². The van der Waals surface area contributed by atoms with Crippen LogP contribution in [0, 0.1) is 13.8 Å². The van der Waals surface area contributed by atoms with Crippen molar-refractivity contribution in [3.05, 3.63) is 69.5 Å². The summed E-state index contributed by atoms with van der Waals surface area (Å²) in [7, 11) is 0. The first-order valence-corrected chi connectivity index (χ1v) is 10.9. The number of fused-ring (bicyclic) bond motifs is 1. The van der Waals surface area contributed by atoms with Crippen LogP contribution in [0.15, 0.2) is 47.3 Å². The van der Waals surface area contributed by atoms with Crippen molar-refractivity contribution in [2.45, 2.75) is 46.3 Å². The molecule has 0 aliphatic carbocycles. The van der Waals surface area contributed by atoms with Gasteiger partial charge in [-0.05, 0) is 92.6 Å². The van der Waals surface area contributed by atoms with Crippen molar-refractivity contribution in [2.24, 2.45) is 0 Å². The first-order chi connectivity index (χ1) is 14.4. The molecule has 4 rings (SSSR count). The van der Waals surface area contributed by atoms with Gasteiger partial charge in [0.1, 0.15) is 0 Å². The zero-order chi connectivity index (χ0) is 21.3. The maximum Gasteiger partial charge on any atom is 0.253 e. The molecule has 5 nitrogen and oxygen atoms in total. The van der Waals surface area contributed by atoms with Crippen molar-refractivity contribution in [1.29, 1.82) is 0 Å². The number of aryl methyl sites for hydroxylation is 2. The van der Waals surface area contributed by atoms with Crippen LogP contribution in [0.2, 0.25) is 0 Å². The van der Waals surface area contributed by atoms with Crippen LogP contribution in [0.3, 0.4) is 0 Å². The second kappa shape index (κ2) is 8.52. The number of piperidine rings is 1. The standard InChI is InChI=1S/C25H31N3O2/c1-4-27(21-7-9-22(10-8-21)28-11-5-6-23(29)16-28)15-20-14-19-12-17(2)18(3)13-24(19)26-25(20)30/h7-10,12-14,23,29H,4-6,11,15-16H2,1-3H3,(H,26,30).